The first-order valence-electron chi connectivity index (χ1n) is 8.68. The number of aromatic nitrogens is 1. The molecule has 1 heterocycles. The maximum absolute atomic E-state index is 12.7. The molecule has 5 heteroatoms. The molecule has 1 atom stereocenters. The van der Waals surface area contributed by atoms with Gasteiger partial charge in [-0.3, -0.25) is 9.59 Å². The van der Waals surface area contributed by atoms with Gasteiger partial charge in [-0.15, -0.1) is 0 Å². The van der Waals surface area contributed by atoms with Crippen LogP contribution in [0.3, 0.4) is 0 Å². The lowest BCUT2D eigenvalue weighted by atomic mass is 9.87. The van der Waals surface area contributed by atoms with E-state index in [0.717, 1.165) is 5.56 Å². The van der Waals surface area contributed by atoms with E-state index in [4.69, 9.17) is 0 Å². The van der Waals surface area contributed by atoms with Crippen molar-refractivity contribution in [2.75, 3.05) is 13.7 Å². The van der Waals surface area contributed by atoms with Gasteiger partial charge >= 0.3 is 0 Å². The first-order valence-corrected chi connectivity index (χ1v) is 8.68. The topological polar surface area (TPSA) is 79.3 Å². The third-order valence-corrected chi connectivity index (χ3v) is 4.06. The summed E-state index contributed by atoms with van der Waals surface area (Å²) in [4.78, 5) is 29.2. The summed E-state index contributed by atoms with van der Waals surface area (Å²) in [6.45, 7) is 5.81. The summed E-state index contributed by atoms with van der Waals surface area (Å²) < 4.78 is 0. The van der Waals surface area contributed by atoms with Gasteiger partial charge in [0.15, 0.2) is 5.78 Å². The lowest BCUT2D eigenvalue weighted by molar-refractivity contribution is 0.0939. The Kier molecular flexibility index (Phi) is 6.27. The molecule has 0 aliphatic rings. The summed E-state index contributed by atoms with van der Waals surface area (Å²) in [5.74, 6) is -0.806. The van der Waals surface area contributed by atoms with E-state index in [1.807, 2.05) is 51.1 Å². The Labute approximate surface area is 154 Å². The summed E-state index contributed by atoms with van der Waals surface area (Å²) in [6.07, 6.45) is 0.360. The average molecular weight is 354 g/mol. The number of aliphatic hydroxyl groups excluding tert-OH is 1. The van der Waals surface area contributed by atoms with Crippen molar-refractivity contribution < 1.29 is 14.7 Å². The standard InChI is InChI=1S/C21H26N2O3/c1-21(2,3)12-19(25)15-10-17(23-18(11-15)20(26)22-4)16(13-24)14-8-6-5-7-9-14/h5-11,16,24H,12-13H2,1-4H3,(H,22,26). The van der Waals surface area contributed by atoms with E-state index >= 15 is 0 Å². The van der Waals surface area contributed by atoms with Gasteiger partial charge in [0.25, 0.3) is 5.91 Å². The van der Waals surface area contributed by atoms with Gasteiger partial charge in [-0.1, -0.05) is 51.1 Å². The average Bonchev–Trinajstić information content (AvgIpc) is 2.61. The third-order valence-electron chi connectivity index (χ3n) is 4.06. The van der Waals surface area contributed by atoms with Gasteiger partial charge in [0, 0.05) is 24.9 Å². The highest BCUT2D eigenvalue weighted by Crippen LogP contribution is 2.26. The van der Waals surface area contributed by atoms with Crippen LogP contribution in [0.25, 0.3) is 0 Å². The first kappa shape index (κ1) is 19.8. The molecule has 26 heavy (non-hydrogen) atoms. The Bertz CT molecular complexity index is 780. The van der Waals surface area contributed by atoms with Gasteiger partial charge in [-0.05, 0) is 23.1 Å². The molecule has 0 radical (unpaired) electrons. The largest absolute Gasteiger partial charge is 0.395 e. The molecule has 5 nitrogen and oxygen atoms in total. The predicted octanol–water partition coefficient (Wildman–Crippen LogP) is 3.18. The summed E-state index contributed by atoms with van der Waals surface area (Å²) in [5, 5.41) is 12.5. The monoisotopic (exact) mass is 354 g/mol. The van der Waals surface area contributed by atoms with Gasteiger partial charge in [0.1, 0.15) is 5.69 Å². The molecular weight excluding hydrogens is 328 g/mol. The number of ketones is 1. The second kappa shape index (κ2) is 8.23. The fourth-order valence-corrected chi connectivity index (χ4v) is 2.77. The van der Waals surface area contributed by atoms with Gasteiger partial charge in [0.05, 0.1) is 12.3 Å². The number of carbonyl (C=O) groups is 2. The van der Waals surface area contributed by atoms with Crippen LogP contribution in [-0.4, -0.2) is 35.4 Å². The molecule has 0 saturated carbocycles. The van der Waals surface area contributed by atoms with Crippen LogP contribution in [0.5, 0.6) is 0 Å². The minimum atomic E-state index is -0.401. The number of hydrogen-bond acceptors (Lipinski definition) is 4. The molecule has 0 saturated heterocycles. The Balaban J connectivity index is 2.52. The van der Waals surface area contributed by atoms with Crippen LogP contribution in [0.1, 0.15) is 65.2 Å². The number of nitrogens with zero attached hydrogens (tertiary/aromatic N) is 1. The summed E-state index contributed by atoms with van der Waals surface area (Å²) in [7, 11) is 1.52. The summed E-state index contributed by atoms with van der Waals surface area (Å²) in [6, 6.07) is 12.7. The highest BCUT2D eigenvalue weighted by Gasteiger charge is 2.22. The maximum atomic E-state index is 12.7. The zero-order valence-electron chi connectivity index (χ0n) is 15.7. The van der Waals surface area contributed by atoms with E-state index in [-0.39, 0.29) is 29.4 Å². The first-order chi connectivity index (χ1) is 12.2. The van der Waals surface area contributed by atoms with Crippen LogP contribution in [0.15, 0.2) is 42.5 Å². The SMILES string of the molecule is CNC(=O)c1cc(C(=O)CC(C)(C)C)cc(C(CO)c2ccccc2)n1. The quantitative estimate of drug-likeness (QED) is 0.781. The molecular formula is C21H26N2O3. The molecule has 1 unspecified atom stereocenters. The number of Topliss-reactive ketones (excluding diaryl/α,β-unsaturated/α-hetero) is 1. The second-order valence-corrected chi connectivity index (χ2v) is 7.55. The van der Waals surface area contributed by atoms with Gasteiger partial charge in [-0.25, -0.2) is 4.98 Å². The second-order valence-electron chi connectivity index (χ2n) is 7.55. The van der Waals surface area contributed by atoms with Gasteiger partial charge in [-0.2, -0.15) is 0 Å². The zero-order valence-corrected chi connectivity index (χ0v) is 15.7. The van der Waals surface area contributed by atoms with Crippen molar-refractivity contribution in [3.05, 3.63) is 65.0 Å². The summed E-state index contributed by atoms with van der Waals surface area (Å²) in [5.41, 5.74) is 1.85. The smallest absolute Gasteiger partial charge is 0.269 e. The molecule has 2 aromatic rings. The number of carbonyl (C=O) groups excluding carboxylic acids is 2. The normalized spacial score (nSPS) is 12.5. The number of hydrogen-bond donors (Lipinski definition) is 2. The van der Waals surface area contributed by atoms with E-state index < -0.39 is 5.92 Å². The fraction of sp³-hybridized carbons (Fsp3) is 0.381. The molecule has 138 valence electrons. The zero-order chi connectivity index (χ0) is 19.3. The Morgan fingerprint density at radius 1 is 1.15 bits per heavy atom. The highest BCUT2D eigenvalue weighted by atomic mass is 16.3. The highest BCUT2D eigenvalue weighted by molar-refractivity contribution is 6.00. The van der Waals surface area contributed by atoms with Crippen LogP contribution in [-0.2, 0) is 0 Å². The lowest BCUT2D eigenvalue weighted by Gasteiger charge is -2.19. The third kappa shape index (κ3) is 4.99. The molecule has 0 aliphatic heterocycles. The van der Waals surface area contributed by atoms with Crippen LogP contribution in [0, 0.1) is 5.41 Å². The number of aliphatic hydroxyl groups is 1. The molecule has 0 bridgehead atoms. The van der Waals surface area contributed by atoms with Gasteiger partial charge < -0.3 is 10.4 Å². The Morgan fingerprint density at radius 2 is 1.81 bits per heavy atom. The predicted molar refractivity (Wildman–Crippen MR) is 101 cm³/mol. The maximum Gasteiger partial charge on any atom is 0.269 e. The molecule has 1 amide bonds. The van der Waals surface area contributed by atoms with Crippen LogP contribution < -0.4 is 5.32 Å². The van der Waals surface area contributed by atoms with Crippen LogP contribution in [0.2, 0.25) is 0 Å². The number of benzene rings is 1. The molecule has 0 fully saturated rings. The molecule has 1 aromatic heterocycles. The van der Waals surface area contributed by atoms with Crippen molar-refractivity contribution in [1.82, 2.24) is 10.3 Å². The number of nitrogens with one attached hydrogen (secondary N) is 1. The Morgan fingerprint density at radius 3 is 2.35 bits per heavy atom. The number of pyridine rings is 1. The van der Waals surface area contributed by atoms with Crippen LogP contribution in [0.4, 0.5) is 0 Å². The summed E-state index contributed by atoms with van der Waals surface area (Å²) >= 11 is 0. The molecule has 0 spiro atoms. The van der Waals surface area contributed by atoms with Crippen molar-refractivity contribution in [1.29, 1.82) is 0 Å². The van der Waals surface area contributed by atoms with Gasteiger partial charge in [0.2, 0.25) is 0 Å². The molecule has 2 N–H and O–H groups in total. The minimum absolute atomic E-state index is 0.0453. The number of rotatable bonds is 6. The van der Waals surface area contributed by atoms with E-state index in [1.54, 1.807) is 6.07 Å². The van der Waals surface area contributed by atoms with E-state index in [0.29, 0.717) is 17.7 Å². The Hall–Kier alpha value is -2.53. The van der Waals surface area contributed by atoms with Crippen molar-refractivity contribution >= 4 is 11.7 Å². The van der Waals surface area contributed by atoms with Crippen molar-refractivity contribution in [3.8, 4) is 0 Å². The van der Waals surface area contributed by atoms with E-state index in [1.165, 1.54) is 13.1 Å². The molecule has 0 aliphatic carbocycles. The van der Waals surface area contributed by atoms with E-state index in [2.05, 4.69) is 10.3 Å². The van der Waals surface area contributed by atoms with Crippen LogP contribution >= 0.6 is 0 Å². The fourth-order valence-electron chi connectivity index (χ4n) is 2.77. The minimum Gasteiger partial charge on any atom is -0.395 e. The number of amides is 1. The molecule has 1 aromatic carbocycles. The molecule has 2 rings (SSSR count). The van der Waals surface area contributed by atoms with Crippen molar-refractivity contribution in [3.63, 3.8) is 0 Å². The van der Waals surface area contributed by atoms with E-state index in [9.17, 15) is 14.7 Å². The van der Waals surface area contributed by atoms with Crippen molar-refractivity contribution in [2.45, 2.75) is 33.1 Å². The van der Waals surface area contributed by atoms with Crippen molar-refractivity contribution in [2.24, 2.45) is 5.41 Å². The lowest BCUT2D eigenvalue weighted by Crippen LogP contribution is -2.22.